The number of rotatable bonds is 6. The van der Waals surface area contributed by atoms with E-state index in [-0.39, 0.29) is 6.10 Å². The summed E-state index contributed by atoms with van der Waals surface area (Å²) < 4.78 is 5.70. The number of aromatic nitrogens is 1. The SMILES string of the molecule is CCOC(CC)c1nc(C2CC2)c(CN)s1. The van der Waals surface area contributed by atoms with Crippen molar-refractivity contribution in [2.75, 3.05) is 6.61 Å². The summed E-state index contributed by atoms with van der Waals surface area (Å²) in [5.41, 5.74) is 7.03. The highest BCUT2D eigenvalue weighted by Gasteiger charge is 2.30. The molecule has 0 aliphatic heterocycles. The Labute approximate surface area is 101 Å². The van der Waals surface area contributed by atoms with E-state index >= 15 is 0 Å². The first kappa shape index (κ1) is 12.0. The highest BCUT2D eigenvalue weighted by Crippen LogP contribution is 2.43. The zero-order chi connectivity index (χ0) is 11.5. The van der Waals surface area contributed by atoms with Gasteiger partial charge in [0.25, 0.3) is 0 Å². The van der Waals surface area contributed by atoms with Crippen molar-refractivity contribution in [3.63, 3.8) is 0 Å². The summed E-state index contributed by atoms with van der Waals surface area (Å²) in [6, 6.07) is 0. The van der Waals surface area contributed by atoms with Crippen molar-refractivity contribution in [1.29, 1.82) is 0 Å². The monoisotopic (exact) mass is 240 g/mol. The smallest absolute Gasteiger partial charge is 0.122 e. The van der Waals surface area contributed by atoms with E-state index in [2.05, 4.69) is 6.92 Å². The third-order valence-electron chi connectivity index (χ3n) is 2.91. The molecular weight excluding hydrogens is 220 g/mol. The summed E-state index contributed by atoms with van der Waals surface area (Å²) in [5.74, 6) is 0.683. The topological polar surface area (TPSA) is 48.1 Å². The molecule has 1 atom stereocenters. The lowest BCUT2D eigenvalue weighted by Gasteiger charge is -2.11. The average molecular weight is 240 g/mol. The average Bonchev–Trinajstić information content (AvgIpc) is 3.06. The summed E-state index contributed by atoms with van der Waals surface area (Å²) in [4.78, 5) is 6.01. The van der Waals surface area contributed by atoms with Crippen LogP contribution in [-0.4, -0.2) is 11.6 Å². The normalized spacial score (nSPS) is 17.7. The molecule has 16 heavy (non-hydrogen) atoms. The van der Waals surface area contributed by atoms with Crippen molar-refractivity contribution in [1.82, 2.24) is 4.98 Å². The van der Waals surface area contributed by atoms with Gasteiger partial charge in [-0.05, 0) is 26.2 Å². The Kier molecular flexibility index (Phi) is 3.95. The Morgan fingerprint density at radius 2 is 2.25 bits per heavy atom. The Bertz CT molecular complexity index is 347. The molecule has 1 aromatic heterocycles. The van der Waals surface area contributed by atoms with Crippen LogP contribution in [0.2, 0.25) is 0 Å². The van der Waals surface area contributed by atoms with Gasteiger partial charge in [0, 0.05) is 23.9 Å². The summed E-state index contributed by atoms with van der Waals surface area (Å²) in [5, 5.41) is 1.12. The van der Waals surface area contributed by atoms with Crippen molar-refractivity contribution in [3.8, 4) is 0 Å². The van der Waals surface area contributed by atoms with Gasteiger partial charge in [-0.3, -0.25) is 0 Å². The number of hydrogen-bond acceptors (Lipinski definition) is 4. The number of ether oxygens (including phenoxy) is 1. The molecule has 1 aromatic rings. The first-order valence-corrected chi connectivity index (χ1v) is 6.92. The van der Waals surface area contributed by atoms with Crippen LogP contribution in [0.5, 0.6) is 0 Å². The number of hydrogen-bond donors (Lipinski definition) is 1. The largest absolute Gasteiger partial charge is 0.371 e. The van der Waals surface area contributed by atoms with Crippen LogP contribution in [0, 0.1) is 0 Å². The molecule has 2 rings (SSSR count). The minimum Gasteiger partial charge on any atom is -0.371 e. The third kappa shape index (κ3) is 2.44. The van der Waals surface area contributed by atoms with Gasteiger partial charge in [-0.1, -0.05) is 6.92 Å². The fourth-order valence-electron chi connectivity index (χ4n) is 1.91. The molecule has 1 unspecified atom stereocenters. The Balaban J connectivity index is 2.19. The molecule has 0 aromatic carbocycles. The van der Waals surface area contributed by atoms with Crippen LogP contribution in [0.1, 0.15) is 60.7 Å². The van der Waals surface area contributed by atoms with Crippen LogP contribution in [0.4, 0.5) is 0 Å². The first-order valence-electron chi connectivity index (χ1n) is 6.11. The lowest BCUT2D eigenvalue weighted by molar-refractivity contribution is 0.0595. The van der Waals surface area contributed by atoms with E-state index in [1.54, 1.807) is 11.3 Å². The van der Waals surface area contributed by atoms with Crippen molar-refractivity contribution in [3.05, 3.63) is 15.6 Å². The quantitative estimate of drug-likeness (QED) is 0.831. The van der Waals surface area contributed by atoms with Crippen molar-refractivity contribution < 1.29 is 4.74 Å². The van der Waals surface area contributed by atoms with E-state index in [1.807, 2.05) is 6.92 Å². The second-order valence-corrected chi connectivity index (χ2v) is 5.31. The van der Waals surface area contributed by atoms with Crippen molar-refractivity contribution in [2.45, 2.75) is 51.7 Å². The van der Waals surface area contributed by atoms with Crippen LogP contribution in [0.3, 0.4) is 0 Å². The molecule has 90 valence electrons. The molecule has 0 bridgehead atoms. The van der Waals surface area contributed by atoms with Gasteiger partial charge in [-0.2, -0.15) is 0 Å². The minimum atomic E-state index is 0.160. The van der Waals surface area contributed by atoms with Gasteiger partial charge in [0.05, 0.1) is 5.69 Å². The zero-order valence-corrected chi connectivity index (χ0v) is 10.8. The molecule has 0 saturated heterocycles. The van der Waals surface area contributed by atoms with Crippen LogP contribution in [-0.2, 0) is 11.3 Å². The Hall–Kier alpha value is -0.450. The van der Waals surface area contributed by atoms with Crippen LogP contribution in [0.15, 0.2) is 0 Å². The van der Waals surface area contributed by atoms with Crippen LogP contribution >= 0.6 is 11.3 Å². The van der Waals surface area contributed by atoms with Gasteiger partial charge in [0.15, 0.2) is 0 Å². The fourth-order valence-corrected chi connectivity index (χ4v) is 3.07. The first-order chi connectivity index (χ1) is 7.80. The van der Waals surface area contributed by atoms with Crippen molar-refractivity contribution in [2.24, 2.45) is 5.73 Å². The number of nitrogens with zero attached hydrogens (tertiary/aromatic N) is 1. The Morgan fingerprint density at radius 1 is 1.50 bits per heavy atom. The van der Waals surface area contributed by atoms with Gasteiger partial charge in [-0.15, -0.1) is 11.3 Å². The molecule has 0 amide bonds. The molecule has 0 radical (unpaired) electrons. The molecule has 1 saturated carbocycles. The predicted molar refractivity (Wildman–Crippen MR) is 66.6 cm³/mol. The maximum Gasteiger partial charge on any atom is 0.122 e. The fraction of sp³-hybridized carbons (Fsp3) is 0.750. The van der Waals surface area contributed by atoms with Gasteiger partial charge in [-0.25, -0.2) is 4.98 Å². The van der Waals surface area contributed by atoms with Crippen LogP contribution in [0.25, 0.3) is 0 Å². The maximum atomic E-state index is 5.77. The van der Waals surface area contributed by atoms with Crippen molar-refractivity contribution >= 4 is 11.3 Å². The van der Waals surface area contributed by atoms with E-state index in [0.717, 1.165) is 18.0 Å². The Morgan fingerprint density at radius 3 is 2.75 bits per heavy atom. The van der Waals surface area contributed by atoms with Gasteiger partial charge in [0.1, 0.15) is 11.1 Å². The minimum absolute atomic E-state index is 0.160. The van der Waals surface area contributed by atoms with Gasteiger partial charge < -0.3 is 10.5 Å². The molecule has 1 fully saturated rings. The van der Waals surface area contributed by atoms with Gasteiger partial charge in [0.2, 0.25) is 0 Å². The van der Waals surface area contributed by atoms with E-state index in [4.69, 9.17) is 15.5 Å². The molecule has 1 aliphatic rings. The highest BCUT2D eigenvalue weighted by atomic mass is 32.1. The second-order valence-electron chi connectivity index (χ2n) is 4.19. The standard InChI is InChI=1S/C12H20N2OS/c1-3-9(15-4-2)12-14-11(8-5-6-8)10(7-13)16-12/h8-9H,3-7,13H2,1-2H3. The molecule has 1 heterocycles. The lowest BCUT2D eigenvalue weighted by atomic mass is 10.2. The van der Waals surface area contributed by atoms with E-state index in [0.29, 0.717) is 12.5 Å². The molecule has 0 spiro atoms. The molecule has 1 aliphatic carbocycles. The molecule has 4 heteroatoms. The van der Waals surface area contributed by atoms with E-state index < -0.39 is 0 Å². The molecule has 2 N–H and O–H groups in total. The molecular formula is C12H20N2OS. The van der Waals surface area contributed by atoms with E-state index in [1.165, 1.54) is 23.4 Å². The summed E-state index contributed by atoms with van der Waals surface area (Å²) in [7, 11) is 0. The zero-order valence-electron chi connectivity index (χ0n) is 10.0. The van der Waals surface area contributed by atoms with Crippen LogP contribution < -0.4 is 5.73 Å². The summed E-state index contributed by atoms with van der Waals surface area (Å²) in [6.45, 7) is 5.53. The molecule has 3 nitrogen and oxygen atoms in total. The number of nitrogens with two attached hydrogens (primary N) is 1. The predicted octanol–water partition coefficient (Wildman–Crippen LogP) is 2.97. The summed E-state index contributed by atoms with van der Waals surface area (Å²) >= 11 is 1.74. The maximum absolute atomic E-state index is 5.77. The van der Waals surface area contributed by atoms with E-state index in [9.17, 15) is 0 Å². The highest BCUT2D eigenvalue weighted by molar-refractivity contribution is 7.11. The lowest BCUT2D eigenvalue weighted by Crippen LogP contribution is -2.02. The van der Waals surface area contributed by atoms with Gasteiger partial charge >= 0.3 is 0 Å². The second kappa shape index (κ2) is 5.25. The third-order valence-corrected chi connectivity index (χ3v) is 4.09. The number of thiazole rings is 1. The summed E-state index contributed by atoms with van der Waals surface area (Å²) in [6.07, 6.45) is 3.70.